The van der Waals surface area contributed by atoms with Crippen LogP contribution < -0.4 is 10.2 Å². The minimum atomic E-state index is 0.360. The van der Waals surface area contributed by atoms with Gasteiger partial charge in [0.1, 0.15) is 5.76 Å². The van der Waals surface area contributed by atoms with Gasteiger partial charge in [-0.3, -0.25) is 0 Å². The van der Waals surface area contributed by atoms with Gasteiger partial charge >= 0.3 is 0 Å². The van der Waals surface area contributed by atoms with Crippen molar-refractivity contribution in [3.8, 4) is 0 Å². The summed E-state index contributed by atoms with van der Waals surface area (Å²) in [6.45, 7) is 11.4. The Morgan fingerprint density at radius 2 is 2.24 bits per heavy atom. The van der Waals surface area contributed by atoms with Crippen molar-refractivity contribution in [1.82, 2.24) is 10.3 Å². The molecule has 116 valence electrons. The Bertz CT molecular complexity index is 536. The molecule has 1 unspecified atom stereocenters. The van der Waals surface area contributed by atoms with Gasteiger partial charge in [0.15, 0.2) is 5.13 Å². The summed E-state index contributed by atoms with van der Waals surface area (Å²) in [6, 6.07) is 4.30. The number of thiazole rings is 1. The van der Waals surface area contributed by atoms with E-state index in [0.717, 1.165) is 42.6 Å². The Hall–Kier alpha value is -1.33. The zero-order valence-corrected chi connectivity index (χ0v) is 14.2. The fourth-order valence-corrected chi connectivity index (χ4v) is 3.44. The van der Waals surface area contributed by atoms with E-state index in [1.165, 1.54) is 4.88 Å². The summed E-state index contributed by atoms with van der Waals surface area (Å²) in [5.74, 6) is 0.975. The number of hydrogen-bond donors (Lipinski definition) is 1. The molecule has 0 bridgehead atoms. The molecule has 0 aromatic carbocycles. The first-order chi connectivity index (χ1) is 10.2. The number of furan rings is 1. The smallest absolute Gasteiger partial charge is 0.186 e. The average Bonchev–Trinajstić information content (AvgIpc) is 3.11. The molecular formula is C16H25N3OS. The summed E-state index contributed by atoms with van der Waals surface area (Å²) in [6.07, 6.45) is 2.87. The molecule has 0 fully saturated rings. The lowest BCUT2D eigenvalue weighted by atomic mass is 10.2. The average molecular weight is 307 g/mol. The molecule has 2 aromatic heterocycles. The van der Waals surface area contributed by atoms with Crippen LogP contribution in [0.5, 0.6) is 0 Å². The van der Waals surface area contributed by atoms with Gasteiger partial charge in [0, 0.05) is 17.5 Å². The van der Waals surface area contributed by atoms with Crippen molar-refractivity contribution >= 4 is 16.5 Å². The van der Waals surface area contributed by atoms with Crippen LogP contribution in [0.1, 0.15) is 49.6 Å². The topological polar surface area (TPSA) is 41.3 Å². The van der Waals surface area contributed by atoms with Gasteiger partial charge in [-0.25, -0.2) is 4.98 Å². The van der Waals surface area contributed by atoms with Crippen LogP contribution in [0.15, 0.2) is 22.8 Å². The maximum absolute atomic E-state index is 5.45. The first-order valence-corrected chi connectivity index (χ1v) is 8.45. The minimum absolute atomic E-state index is 0.360. The number of nitrogens with zero attached hydrogens (tertiary/aromatic N) is 2. The van der Waals surface area contributed by atoms with Gasteiger partial charge in [-0.15, -0.1) is 11.3 Å². The molecule has 1 N–H and O–H groups in total. The standard InChI is InChI=1S/C16H25N3OS/c1-5-9-17-12(3)15-13(4)18-16(21-15)19(6-2)11-14-8-7-10-20-14/h7-8,10,12,17H,5-6,9,11H2,1-4H3. The number of aromatic nitrogens is 1. The van der Waals surface area contributed by atoms with Crippen molar-refractivity contribution in [3.63, 3.8) is 0 Å². The first-order valence-electron chi connectivity index (χ1n) is 7.63. The molecule has 0 amide bonds. The van der Waals surface area contributed by atoms with Gasteiger partial charge in [0.25, 0.3) is 0 Å². The highest BCUT2D eigenvalue weighted by atomic mass is 32.1. The Balaban J connectivity index is 2.11. The maximum atomic E-state index is 5.45. The second-order valence-corrected chi connectivity index (χ2v) is 6.22. The molecule has 4 nitrogen and oxygen atoms in total. The normalized spacial score (nSPS) is 12.6. The van der Waals surface area contributed by atoms with Crippen molar-refractivity contribution in [2.24, 2.45) is 0 Å². The molecule has 21 heavy (non-hydrogen) atoms. The molecule has 1 atom stereocenters. The van der Waals surface area contributed by atoms with Gasteiger partial charge in [0.2, 0.25) is 0 Å². The van der Waals surface area contributed by atoms with Crippen LogP contribution in [-0.2, 0) is 6.54 Å². The molecule has 0 spiro atoms. The molecule has 0 aliphatic rings. The molecule has 5 heteroatoms. The maximum Gasteiger partial charge on any atom is 0.186 e. The number of nitrogens with one attached hydrogen (secondary N) is 1. The minimum Gasteiger partial charge on any atom is -0.467 e. The Kier molecular flexibility index (Phi) is 5.82. The van der Waals surface area contributed by atoms with E-state index in [0.29, 0.717) is 6.04 Å². The lowest BCUT2D eigenvalue weighted by molar-refractivity contribution is 0.503. The predicted octanol–water partition coefficient (Wildman–Crippen LogP) is 4.13. The van der Waals surface area contributed by atoms with Crippen LogP contribution >= 0.6 is 11.3 Å². The fourth-order valence-electron chi connectivity index (χ4n) is 2.29. The van der Waals surface area contributed by atoms with Gasteiger partial charge in [-0.2, -0.15) is 0 Å². The highest BCUT2D eigenvalue weighted by Gasteiger charge is 2.17. The lowest BCUT2D eigenvalue weighted by Crippen LogP contribution is -2.21. The van der Waals surface area contributed by atoms with Crippen molar-refractivity contribution in [2.45, 2.75) is 46.7 Å². The van der Waals surface area contributed by atoms with Crippen molar-refractivity contribution in [2.75, 3.05) is 18.0 Å². The largest absolute Gasteiger partial charge is 0.467 e. The highest BCUT2D eigenvalue weighted by molar-refractivity contribution is 7.15. The fraction of sp³-hybridized carbons (Fsp3) is 0.562. The van der Waals surface area contributed by atoms with Crippen LogP contribution in [-0.4, -0.2) is 18.1 Å². The zero-order chi connectivity index (χ0) is 15.2. The van der Waals surface area contributed by atoms with Crippen LogP contribution in [0.25, 0.3) is 0 Å². The quantitative estimate of drug-likeness (QED) is 0.796. The Morgan fingerprint density at radius 1 is 1.43 bits per heavy atom. The predicted molar refractivity (Wildman–Crippen MR) is 89.0 cm³/mol. The molecule has 0 saturated carbocycles. The number of aryl methyl sites for hydroxylation is 1. The second kappa shape index (κ2) is 7.61. The number of anilines is 1. The third kappa shape index (κ3) is 4.08. The van der Waals surface area contributed by atoms with Crippen molar-refractivity contribution in [1.29, 1.82) is 0 Å². The first kappa shape index (κ1) is 16.0. The monoisotopic (exact) mass is 307 g/mol. The van der Waals surface area contributed by atoms with Gasteiger partial charge < -0.3 is 14.6 Å². The van der Waals surface area contributed by atoms with Crippen LogP contribution in [0.3, 0.4) is 0 Å². The summed E-state index contributed by atoms with van der Waals surface area (Å²) in [5.41, 5.74) is 1.13. The molecule has 2 rings (SSSR count). The van der Waals surface area contributed by atoms with E-state index in [2.05, 4.69) is 37.9 Å². The molecule has 0 radical (unpaired) electrons. The van der Waals surface area contributed by atoms with Crippen molar-refractivity contribution < 1.29 is 4.42 Å². The molecular weight excluding hydrogens is 282 g/mol. The second-order valence-electron chi connectivity index (χ2n) is 5.22. The summed E-state index contributed by atoms with van der Waals surface area (Å²) in [4.78, 5) is 8.34. The molecule has 0 aliphatic carbocycles. The van der Waals surface area contributed by atoms with E-state index in [1.54, 1.807) is 17.6 Å². The van der Waals surface area contributed by atoms with E-state index >= 15 is 0 Å². The van der Waals surface area contributed by atoms with Gasteiger partial charge in [-0.1, -0.05) is 6.92 Å². The van der Waals surface area contributed by atoms with E-state index in [-0.39, 0.29) is 0 Å². The Labute approximate surface area is 131 Å². The van der Waals surface area contributed by atoms with Gasteiger partial charge in [0.05, 0.1) is 18.5 Å². The highest BCUT2D eigenvalue weighted by Crippen LogP contribution is 2.31. The SMILES string of the molecule is CCCNC(C)c1sc(N(CC)Cc2ccco2)nc1C. The summed E-state index contributed by atoms with van der Waals surface area (Å²) in [7, 11) is 0. The van der Waals surface area contributed by atoms with E-state index < -0.39 is 0 Å². The van der Waals surface area contributed by atoms with E-state index in [1.807, 2.05) is 12.1 Å². The lowest BCUT2D eigenvalue weighted by Gasteiger charge is -2.18. The summed E-state index contributed by atoms with van der Waals surface area (Å²) < 4.78 is 5.45. The molecule has 0 saturated heterocycles. The van der Waals surface area contributed by atoms with E-state index in [4.69, 9.17) is 9.40 Å². The Morgan fingerprint density at radius 3 is 2.86 bits per heavy atom. The molecule has 2 aromatic rings. The third-order valence-electron chi connectivity index (χ3n) is 3.49. The molecule has 2 heterocycles. The van der Waals surface area contributed by atoms with E-state index in [9.17, 15) is 0 Å². The van der Waals surface area contributed by atoms with Crippen LogP contribution in [0.2, 0.25) is 0 Å². The summed E-state index contributed by atoms with van der Waals surface area (Å²) in [5, 5.41) is 4.61. The number of rotatable bonds is 8. The number of hydrogen-bond acceptors (Lipinski definition) is 5. The third-order valence-corrected chi connectivity index (χ3v) is 4.89. The van der Waals surface area contributed by atoms with Crippen LogP contribution in [0, 0.1) is 6.92 Å². The summed E-state index contributed by atoms with van der Waals surface area (Å²) >= 11 is 1.78. The van der Waals surface area contributed by atoms with Crippen molar-refractivity contribution in [3.05, 3.63) is 34.7 Å². The zero-order valence-electron chi connectivity index (χ0n) is 13.3. The van der Waals surface area contributed by atoms with Gasteiger partial charge in [-0.05, 0) is 45.9 Å². The molecule has 0 aliphatic heterocycles. The van der Waals surface area contributed by atoms with Crippen LogP contribution in [0.4, 0.5) is 5.13 Å².